The molecule has 0 N–H and O–H groups in total. The third kappa shape index (κ3) is 5.03. The molecular formula is C24H26F2O3. The van der Waals surface area contributed by atoms with Crippen molar-refractivity contribution >= 4 is 5.97 Å². The summed E-state index contributed by atoms with van der Waals surface area (Å²) in [5.41, 5.74) is 2.21. The van der Waals surface area contributed by atoms with Crippen molar-refractivity contribution in [3.63, 3.8) is 0 Å². The van der Waals surface area contributed by atoms with E-state index in [0.29, 0.717) is 18.8 Å². The Hall–Kier alpha value is -2.69. The molecule has 0 heterocycles. The maximum absolute atomic E-state index is 14.3. The van der Waals surface area contributed by atoms with Gasteiger partial charge in [-0.15, -0.1) is 0 Å². The molecule has 0 atom stereocenters. The summed E-state index contributed by atoms with van der Waals surface area (Å²) < 4.78 is 38.8. The minimum atomic E-state index is -1.25. The van der Waals surface area contributed by atoms with Gasteiger partial charge in [0, 0.05) is 0 Å². The Morgan fingerprint density at radius 3 is 2.34 bits per heavy atom. The highest BCUT2D eigenvalue weighted by Crippen LogP contribution is 2.34. The monoisotopic (exact) mass is 400 g/mol. The molecule has 2 aromatic carbocycles. The Morgan fingerprint density at radius 1 is 1.03 bits per heavy atom. The fraction of sp³-hybridized carbons (Fsp3) is 0.375. The number of carbonyl (C=O) groups is 1. The van der Waals surface area contributed by atoms with Crippen LogP contribution < -0.4 is 4.74 Å². The SMILES string of the molecule is CC=COc1ccc(C(=O)OC2CCC(c3ccc(CC)cc3)CC2)c(F)c1F. The van der Waals surface area contributed by atoms with Crippen LogP contribution in [0, 0.1) is 11.6 Å². The van der Waals surface area contributed by atoms with Gasteiger partial charge in [0.25, 0.3) is 0 Å². The zero-order valence-electron chi connectivity index (χ0n) is 16.8. The van der Waals surface area contributed by atoms with E-state index in [2.05, 4.69) is 31.2 Å². The van der Waals surface area contributed by atoms with Crippen LogP contribution >= 0.6 is 0 Å². The average molecular weight is 400 g/mol. The minimum Gasteiger partial charge on any atom is -0.462 e. The van der Waals surface area contributed by atoms with Gasteiger partial charge < -0.3 is 9.47 Å². The van der Waals surface area contributed by atoms with Gasteiger partial charge in [0.2, 0.25) is 5.82 Å². The van der Waals surface area contributed by atoms with E-state index in [-0.39, 0.29) is 11.9 Å². The van der Waals surface area contributed by atoms with Crippen LogP contribution in [0.5, 0.6) is 5.75 Å². The molecule has 3 nitrogen and oxygen atoms in total. The molecule has 0 saturated heterocycles. The van der Waals surface area contributed by atoms with Crippen LogP contribution in [0.1, 0.15) is 66.9 Å². The molecule has 3 rings (SSSR count). The highest BCUT2D eigenvalue weighted by Gasteiger charge is 2.27. The Labute approximate surface area is 170 Å². The molecule has 154 valence electrons. The molecule has 0 bridgehead atoms. The lowest BCUT2D eigenvalue weighted by atomic mass is 9.82. The van der Waals surface area contributed by atoms with Crippen molar-refractivity contribution in [3.05, 3.63) is 77.1 Å². The van der Waals surface area contributed by atoms with Crippen LogP contribution in [-0.2, 0) is 11.2 Å². The predicted molar refractivity (Wildman–Crippen MR) is 108 cm³/mol. The first-order chi connectivity index (χ1) is 14.0. The van der Waals surface area contributed by atoms with Crippen molar-refractivity contribution in [3.8, 4) is 5.75 Å². The van der Waals surface area contributed by atoms with Gasteiger partial charge >= 0.3 is 5.97 Å². The van der Waals surface area contributed by atoms with Gasteiger partial charge in [-0.3, -0.25) is 0 Å². The highest BCUT2D eigenvalue weighted by molar-refractivity contribution is 5.90. The van der Waals surface area contributed by atoms with Crippen LogP contribution in [0.3, 0.4) is 0 Å². The summed E-state index contributed by atoms with van der Waals surface area (Å²) in [5.74, 6) is -3.12. The summed E-state index contributed by atoms with van der Waals surface area (Å²) in [6, 6.07) is 11.1. The summed E-state index contributed by atoms with van der Waals surface area (Å²) in [4.78, 5) is 12.3. The predicted octanol–water partition coefficient (Wildman–Crippen LogP) is 6.32. The molecule has 0 aliphatic heterocycles. The molecule has 0 unspecified atom stereocenters. The summed E-state index contributed by atoms with van der Waals surface area (Å²) in [6.45, 7) is 3.82. The van der Waals surface area contributed by atoms with Crippen molar-refractivity contribution in [1.82, 2.24) is 0 Å². The minimum absolute atomic E-state index is 0.272. The van der Waals surface area contributed by atoms with Gasteiger partial charge in [-0.2, -0.15) is 4.39 Å². The number of hydrogen-bond acceptors (Lipinski definition) is 3. The smallest absolute Gasteiger partial charge is 0.341 e. The van der Waals surface area contributed by atoms with E-state index in [1.54, 1.807) is 13.0 Å². The number of benzene rings is 2. The number of hydrogen-bond donors (Lipinski definition) is 0. The number of halogens is 2. The summed E-state index contributed by atoms with van der Waals surface area (Å²) in [7, 11) is 0. The Bertz CT molecular complexity index is 866. The first-order valence-corrected chi connectivity index (χ1v) is 10.1. The van der Waals surface area contributed by atoms with Crippen molar-refractivity contribution in [1.29, 1.82) is 0 Å². The number of esters is 1. The van der Waals surface area contributed by atoms with E-state index in [0.717, 1.165) is 19.3 Å². The molecule has 5 heteroatoms. The third-order valence-corrected chi connectivity index (χ3v) is 5.41. The van der Waals surface area contributed by atoms with Crippen molar-refractivity contribution < 1.29 is 23.0 Å². The fourth-order valence-electron chi connectivity index (χ4n) is 3.68. The van der Waals surface area contributed by atoms with E-state index >= 15 is 0 Å². The number of carbonyl (C=O) groups excluding carboxylic acids is 1. The average Bonchev–Trinajstić information content (AvgIpc) is 2.75. The van der Waals surface area contributed by atoms with Gasteiger partial charge in [-0.05, 0) is 68.2 Å². The van der Waals surface area contributed by atoms with Gasteiger partial charge in [0.15, 0.2) is 11.6 Å². The van der Waals surface area contributed by atoms with Gasteiger partial charge in [-0.1, -0.05) is 37.3 Å². The maximum atomic E-state index is 14.3. The molecule has 2 aromatic rings. The number of rotatable bonds is 6. The fourth-order valence-corrected chi connectivity index (χ4v) is 3.68. The lowest BCUT2D eigenvalue weighted by molar-refractivity contribution is 0.0189. The molecule has 1 fully saturated rings. The molecule has 1 aliphatic rings. The first-order valence-electron chi connectivity index (χ1n) is 10.1. The van der Waals surface area contributed by atoms with Gasteiger partial charge in [-0.25, -0.2) is 9.18 Å². The molecule has 0 amide bonds. The molecular weight excluding hydrogens is 374 g/mol. The normalized spacial score (nSPS) is 19.3. The van der Waals surface area contributed by atoms with Gasteiger partial charge in [0.05, 0.1) is 11.8 Å². The van der Waals surface area contributed by atoms with Crippen molar-refractivity contribution in [2.24, 2.45) is 0 Å². The molecule has 1 saturated carbocycles. The van der Waals surface area contributed by atoms with Crippen LogP contribution in [0.2, 0.25) is 0 Å². The second-order valence-corrected chi connectivity index (χ2v) is 7.30. The molecule has 0 radical (unpaired) electrons. The second-order valence-electron chi connectivity index (χ2n) is 7.30. The van der Waals surface area contributed by atoms with Crippen LogP contribution in [0.4, 0.5) is 8.78 Å². The number of allylic oxidation sites excluding steroid dienone is 1. The molecule has 29 heavy (non-hydrogen) atoms. The van der Waals surface area contributed by atoms with Crippen LogP contribution in [-0.4, -0.2) is 12.1 Å². The summed E-state index contributed by atoms with van der Waals surface area (Å²) in [6.07, 6.45) is 6.74. The van der Waals surface area contributed by atoms with Crippen LogP contribution in [0.15, 0.2) is 48.7 Å². The van der Waals surface area contributed by atoms with E-state index in [1.165, 1.54) is 29.5 Å². The number of aryl methyl sites for hydroxylation is 1. The largest absolute Gasteiger partial charge is 0.462 e. The second kappa shape index (κ2) is 9.68. The number of ether oxygens (including phenoxy) is 2. The molecule has 0 aromatic heterocycles. The third-order valence-electron chi connectivity index (χ3n) is 5.41. The summed E-state index contributed by atoms with van der Waals surface area (Å²) in [5, 5.41) is 0. The zero-order valence-corrected chi connectivity index (χ0v) is 16.8. The lowest BCUT2D eigenvalue weighted by Gasteiger charge is -2.28. The standard InChI is InChI=1S/C24H26F2O3/c1-3-15-28-21-14-13-20(22(25)23(21)26)24(27)29-19-11-9-18(10-12-19)17-7-5-16(4-2)6-8-17/h3,5-8,13-15,18-19H,4,9-12H2,1-2H3. The Kier molecular flexibility index (Phi) is 7.02. The lowest BCUT2D eigenvalue weighted by Crippen LogP contribution is -2.24. The Morgan fingerprint density at radius 2 is 1.72 bits per heavy atom. The van der Waals surface area contributed by atoms with E-state index < -0.39 is 23.2 Å². The first kappa shape index (κ1) is 21.0. The molecule has 1 aliphatic carbocycles. The van der Waals surface area contributed by atoms with E-state index in [4.69, 9.17) is 9.47 Å². The molecule has 0 spiro atoms. The zero-order chi connectivity index (χ0) is 20.8. The van der Waals surface area contributed by atoms with Crippen LogP contribution in [0.25, 0.3) is 0 Å². The van der Waals surface area contributed by atoms with E-state index in [1.807, 2.05) is 0 Å². The summed E-state index contributed by atoms with van der Waals surface area (Å²) >= 11 is 0. The topological polar surface area (TPSA) is 35.5 Å². The highest BCUT2D eigenvalue weighted by atomic mass is 19.2. The Balaban J connectivity index is 1.58. The van der Waals surface area contributed by atoms with E-state index in [9.17, 15) is 13.6 Å². The quantitative estimate of drug-likeness (QED) is 0.420. The van der Waals surface area contributed by atoms with Gasteiger partial charge in [0.1, 0.15) is 6.10 Å². The van der Waals surface area contributed by atoms with Crippen molar-refractivity contribution in [2.75, 3.05) is 0 Å². The maximum Gasteiger partial charge on any atom is 0.341 e. The van der Waals surface area contributed by atoms with Crippen molar-refractivity contribution in [2.45, 2.75) is 58.0 Å².